The highest BCUT2D eigenvalue weighted by Gasteiger charge is 2.17. The number of anilines is 2. The first-order chi connectivity index (χ1) is 19.3. The minimum atomic E-state index is -0.540. The van der Waals surface area contributed by atoms with Crippen molar-refractivity contribution in [3.8, 4) is 0 Å². The Morgan fingerprint density at radius 3 is 2.27 bits per heavy atom. The Morgan fingerprint density at radius 1 is 0.850 bits per heavy atom. The van der Waals surface area contributed by atoms with Gasteiger partial charge in [0.15, 0.2) is 0 Å². The molecule has 0 aliphatic carbocycles. The van der Waals surface area contributed by atoms with Gasteiger partial charge in [-0.25, -0.2) is 0 Å². The quantitative estimate of drug-likeness (QED) is 0.150. The molecular formula is C30H26N4O4S2. The molecule has 0 saturated heterocycles. The second-order valence-electron chi connectivity index (χ2n) is 8.61. The summed E-state index contributed by atoms with van der Waals surface area (Å²) >= 11 is 2.80. The van der Waals surface area contributed by atoms with Gasteiger partial charge in [0.25, 0.3) is 11.8 Å². The van der Waals surface area contributed by atoms with E-state index in [0.717, 1.165) is 10.5 Å². The monoisotopic (exact) mass is 570 g/mol. The fourth-order valence-electron chi connectivity index (χ4n) is 3.53. The summed E-state index contributed by atoms with van der Waals surface area (Å²) in [5.41, 5.74) is 7.98. The minimum Gasteiger partial charge on any atom is -0.366 e. The van der Waals surface area contributed by atoms with E-state index in [0.29, 0.717) is 22.5 Å². The van der Waals surface area contributed by atoms with Gasteiger partial charge in [0.2, 0.25) is 11.8 Å². The molecule has 3 aromatic carbocycles. The normalized spacial score (nSPS) is 11.8. The zero-order valence-electron chi connectivity index (χ0n) is 21.4. The molecule has 202 valence electrons. The average molecular weight is 571 g/mol. The van der Waals surface area contributed by atoms with Crippen molar-refractivity contribution >= 4 is 64.2 Å². The predicted octanol–water partition coefficient (Wildman–Crippen LogP) is 5.38. The van der Waals surface area contributed by atoms with Crippen molar-refractivity contribution < 1.29 is 19.2 Å². The molecule has 0 aliphatic heterocycles. The Morgan fingerprint density at radius 2 is 1.60 bits per heavy atom. The van der Waals surface area contributed by atoms with E-state index in [1.165, 1.54) is 23.1 Å². The lowest BCUT2D eigenvalue weighted by molar-refractivity contribution is -0.115. The van der Waals surface area contributed by atoms with Crippen molar-refractivity contribution in [2.45, 2.75) is 17.1 Å². The van der Waals surface area contributed by atoms with Gasteiger partial charge in [-0.3, -0.25) is 19.2 Å². The highest BCUT2D eigenvalue weighted by atomic mass is 32.2. The van der Waals surface area contributed by atoms with Crippen LogP contribution in [0.15, 0.2) is 106 Å². The van der Waals surface area contributed by atoms with Crippen molar-refractivity contribution in [3.63, 3.8) is 0 Å². The summed E-state index contributed by atoms with van der Waals surface area (Å²) in [6.07, 6.45) is 1.62. The third kappa shape index (κ3) is 7.92. The van der Waals surface area contributed by atoms with Crippen molar-refractivity contribution in [1.29, 1.82) is 0 Å². The fourth-order valence-corrected chi connectivity index (χ4v) is 5.08. The van der Waals surface area contributed by atoms with Crippen LogP contribution in [0.1, 0.15) is 33.2 Å². The molecule has 4 aromatic rings. The van der Waals surface area contributed by atoms with Crippen molar-refractivity contribution in [2.24, 2.45) is 5.73 Å². The van der Waals surface area contributed by atoms with E-state index >= 15 is 0 Å². The SMILES string of the molecule is CC(Sc1cccc(NC(=O)/C(=C/c2ccsc2)NC(=O)c2ccccc2)c1)C(=O)Nc1ccc(C(N)=O)cc1. The molecule has 1 atom stereocenters. The molecule has 1 unspecified atom stereocenters. The molecule has 5 N–H and O–H groups in total. The number of carbonyl (C=O) groups is 4. The van der Waals surface area contributed by atoms with Gasteiger partial charge in [-0.05, 0) is 90.0 Å². The summed E-state index contributed by atoms with van der Waals surface area (Å²) in [6.45, 7) is 1.77. The number of thioether (sulfide) groups is 1. The second-order valence-corrected chi connectivity index (χ2v) is 10.8. The molecule has 0 fully saturated rings. The average Bonchev–Trinajstić information content (AvgIpc) is 3.47. The summed E-state index contributed by atoms with van der Waals surface area (Å²) in [5, 5.41) is 11.7. The molecule has 0 radical (unpaired) electrons. The number of amides is 4. The smallest absolute Gasteiger partial charge is 0.272 e. The Bertz CT molecular complexity index is 1540. The molecule has 4 rings (SSSR count). The van der Waals surface area contributed by atoms with Gasteiger partial charge in [-0.2, -0.15) is 11.3 Å². The highest BCUT2D eigenvalue weighted by molar-refractivity contribution is 8.00. The van der Waals surface area contributed by atoms with Crippen LogP contribution in [0.25, 0.3) is 6.08 Å². The Labute approximate surface area is 239 Å². The number of benzene rings is 3. The Balaban J connectivity index is 1.42. The Hall–Kier alpha value is -4.67. The van der Waals surface area contributed by atoms with Crippen LogP contribution in [-0.2, 0) is 9.59 Å². The zero-order chi connectivity index (χ0) is 28.5. The van der Waals surface area contributed by atoms with Crippen molar-refractivity contribution in [3.05, 3.63) is 118 Å². The summed E-state index contributed by atoms with van der Waals surface area (Å²) in [4.78, 5) is 50.7. The van der Waals surface area contributed by atoms with E-state index in [9.17, 15) is 19.2 Å². The number of hydrogen-bond donors (Lipinski definition) is 4. The van der Waals surface area contributed by atoms with Crippen LogP contribution >= 0.6 is 23.1 Å². The summed E-state index contributed by atoms with van der Waals surface area (Å²) in [7, 11) is 0. The lowest BCUT2D eigenvalue weighted by atomic mass is 10.2. The topological polar surface area (TPSA) is 130 Å². The van der Waals surface area contributed by atoms with Crippen LogP contribution in [0.3, 0.4) is 0 Å². The largest absolute Gasteiger partial charge is 0.366 e. The van der Waals surface area contributed by atoms with Gasteiger partial charge in [0, 0.05) is 27.4 Å². The van der Waals surface area contributed by atoms with E-state index in [1.54, 1.807) is 79.7 Å². The van der Waals surface area contributed by atoms with E-state index in [-0.39, 0.29) is 11.6 Å². The van der Waals surface area contributed by atoms with Gasteiger partial charge < -0.3 is 21.7 Å². The fraction of sp³-hybridized carbons (Fsp3) is 0.0667. The standard InChI is InChI=1S/C30H26N4O4S2/c1-19(28(36)32-23-12-10-21(11-13-23)27(31)35)40-25-9-5-8-24(17-25)33-30(38)26(16-20-14-15-39-18-20)34-29(37)22-6-3-2-4-7-22/h2-19H,1H3,(H2,31,35)(H,32,36)(H,33,38)(H,34,37)/b26-16-. The predicted molar refractivity (Wildman–Crippen MR) is 160 cm³/mol. The van der Waals surface area contributed by atoms with E-state index < -0.39 is 23.0 Å². The molecule has 4 amide bonds. The molecule has 0 bridgehead atoms. The Kier molecular flexibility index (Phi) is 9.50. The summed E-state index contributed by atoms with van der Waals surface area (Å²) in [6, 6.07) is 23.9. The van der Waals surface area contributed by atoms with E-state index in [1.807, 2.05) is 29.0 Å². The third-order valence-corrected chi connectivity index (χ3v) is 7.39. The van der Waals surface area contributed by atoms with Crippen LogP contribution in [0.2, 0.25) is 0 Å². The van der Waals surface area contributed by atoms with Crippen LogP contribution in [0.4, 0.5) is 11.4 Å². The van der Waals surface area contributed by atoms with Gasteiger partial charge >= 0.3 is 0 Å². The lowest BCUT2D eigenvalue weighted by Crippen LogP contribution is -2.30. The van der Waals surface area contributed by atoms with Crippen LogP contribution < -0.4 is 21.7 Å². The molecule has 0 saturated carbocycles. The van der Waals surface area contributed by atoms with Gasteiger partial charge in [0.05, 0.1) is 5.25 Å². The molecule has 0 aliphatic rings. The van der Waals surface area contributed by atoms with Gasteiger partial charge in [-0.1, -0.05) is 24.3 Å². The number of nitrogens with two attached hydrogens (primary N) is 1. The second kappa shape index (κ2) is 13.4. The van der Waals surface area contributed by atoms with Crippen molar-refractivity contribution in [2.75, 3.05) is 10.6 Å². The summed E-state index contributed by atoms with van der Waals surface area (Å²) in [5.74, 6) is -1.65. The molecule has 10 heteroatoms. The number of carbonyl (C=O) groups excluding carboxylic acids is 4. The van der Waals surface area contributed by atoms with Gasteiger partial charge in [0.1, 0.15) is 5.70 Å². The number of nitrogens with one attached hydrogen (secondary N) is 3. The molecule has 1 heterocycles. The number of rotatable bonds is 10. The first kappa shape index (κ1) is 28.3. The van der Waals surface area contributed by atoms with Crippen LogP contribution in [0, 0.1) is 0 Å². The molecule has 8 nitrogen and oxygen atoms in total. The van der Waals surface area contributed by atoms with Crippen LogP contribution in [0.5, 0.6) is 0 Å². The molecule has 0 spiro atoms. The maximum absolute atomic E-state index is 13.2. The first-order valence-electron chi connectivity index (χ1n) is 12.2. The van der Waals surface area contributed by atoms with Gasteiger partial charge in [-0.15, -0.1) is 11.8 Å². The van der Waals surface area contributed by atoms with Crippen LogP contribution in [-0.4, -0.2) is 28.9 Å². The summed E-state index contributed by atoms with van der Waals surface area (Å²) < 4.78 is 0. The van der Waals surface area contributed by atoms with Crippen molar-refractivity contribution in [1.82, 2.24) is 5.32 Å². The number of hydrogen-bond acceptors (Lipinski definition) is 6. The number of thiophene rings is 1. The zero-order valence-corrected chi connectivity index (χ0v) is 23.1. The lowest BCUT2D eigenvalue weighted by Gasteiger charge is -2.14. The molecular weight excluding hydrogens is 544 g/mol. The third-order valence-electron chi connectivity index (χ3n) is 5.59. The first-order valence-corrected chi connectivity index (χ1v) is 14.0. The molecule has 1 aromatic heterocycles. The maximum Gasteiger partial charge on any atom is 0.272 e. The highest BCUT2D eigenvalue weighted by Crippen LogP contribution is 2.27. The maximum atomic E-state index is 13.2. The van der Waals surface area contributed by atoms with E-state index in [2.05, 4.69) is 16.0 Å². The van der Waals surface area contributed by atoms with E-state index in [4.69, 9.17) is 5.73 Å². The molecule has 40 heavy (non-hydrogen) atoms. The number of primary amides is 1. The minimum absolute atomic E-state index is 0.0976.